The standard InChI is InChI=1S/C24H26N2O6/c1-23(14-27,21(29)30)26-20(28)24(10-11-24)13-25-22(31)32-12-19-17-8-4-2-6-15(17)16-7-3-5-9-18(16)19/h2-9,19,27H,10-14H2,1H3,(H,25,31)(H,26,28)(H,29,30). The number of benzene rings is 2. The van der Waals surface area contributed by atoms with E-state index >= 15 is 0 Å². The van der Waals surface area contributed by atoms with Crippen molar-refractivity contribution in [2.75, 3.05) is 19.8 Å². The van der Waals surface area contributed by atoms with Crippen LogP contribution in [0, 0.1) is 5.41 Å². The first-order valence-corrected chi connectivity index (χ1v) is 10.6. The summed E-state index contributed by atoms with van der Waals surface area (Å²) in [5, 5.41) is 23.6. The number of ether oxygens (including phenoxy) is 1. The number of hydrogen-bond donors (Lipinski definition) is 4. The minimum atomic E-state index is -1.77. The summed E-state index contributed by atoms with van der Waals surface area (Å²) in [6.45, 7) is 0.712. The molecule has 8 heteroatoms. The largest absolute Gasteiger partial charge is 0.479 e. The van der Waals surface area contributed by atoms with Crippen LogP contribution < -0.4 is 10.6 Å². The van der Waals surface area contributed by atoms with Gasteiger partial charge in [-0.15, -0.1) is 0 Å². The number of carboxylic acids is 1. The highest BCUT2D eigenvalue weighted by atomic mass is 16.5. The summed E-state index contributed by atoms with van der Waals surface area (Å²) < 4.78 is 5.49. The van der Waals surface area contributed by atoms with Crippen molar-refractivity contribution >= 4 is 18.0 Å². The Balaban J connectivity index is 1.34. The van der Waals surface area contributed by atoms with Crippen molar-refractivity contribution in [2.24, 2.45) is 5.41 Å². The third kappa shape index (κ3) is 3.93. The van der Waals surface area contributed by atoms with Crippen molar-refractivity contribution in [1.29, 1.82) is 0 Å². The van der Waals surface area contributed by atoms with Crippen molar-refractivity contribution in [3.63, 3.8) is 0 Å². The lowest BCUT2D eigenvalue weighted by atomic mass is 9.98. The number of nitrogens with one attached hydrogen (secondary N) is 2. The molecule has 0 bridgehead atoms. The molecule has 4 rings (SSSR count). The molecule has 0 saturated heterocycles. The molecular formula is C24H26N2O6. The highest BCUT2D eigenvalue weighted by molar-refractivity contribution is 5.92. The van der Waals surface area contributed by atoms with Gasteiger partial charge < -0.3 is 25.6 Å². The Bertz CT molecular complexity index is 1020. The van der Waals surface area contributed by atoms with Crippen LogP contribution in [0.5, 0.6) is 0 Å². The summed E-state index contributed by atoms with van der Waals surface area (Å²) in [5.74, 6) is -1.89. The van der Waals surface area contributed by atoms with Crippen LogP contribution in [0.3, 0.4) is 0 Å². The molecule has 32 heavy (non-hydrogen) atoms. The average Bonchev–Trinajstić information content (AvgIpc) is 3.53. The van der Waals surface area contributed by atoms with Gasteiger partial charge in [0, 0.05) is 12.5 Å². The van der Waals surface area contributed by atoms with E-state index in [9.17, 15) is 24.6 Å². The predicted octanol–water partition coefficient (Wildman–Crippen LogP) is 2.26. The highest BCUT2D eigenvalue weighted by Gasteiger charge is 2.52. The van der Waals surface area contributed by atoms with Crippen LogP contribution in [-0.4, -0.2) is 53.5 Å². The number of fused-ring (bicyclic) bond motifs is 3. The Morgan fingerprint density at radius 1 is 1.06 bits per heavy atom. The Morgan fingerprint density at radius 2 is 1.62 bits per heavy atom. The number of alkyl carbamates (subject to hydrolysis) is 1. The third-order valence-electron chi connectivity index (χ3n) is 6.43. The molecule has 2 aromatic carbocycles. The molecule has 1 atom stereocenters. The first-order chi connectivity index (χ1) is 15.3. The Hall–Kier alpha value is -3.39. The molecule has 0 aromatic heterocycles. The number of aliphatic carboxylic acids is 1. The average molecular weight is 438 g/mol. The molecule has 1 saturated carbocycles. The fourth-order valence-corrected chi connectivity index (χ4v) is 4.07. The molecule has 4 N–H and O–H groups in total. The molecule has 8 nitrogen and oxygen atoms in total. The molecule has 1 fully saturated rings. The van der Waals surface area contributed by atoms with Crippen LogP contribution in [0.25, 0.3) is 11.1 Å². The smallest absolute Gasteiger partial charge is 0.407 e. The zero-order valence-electron chi connectivity index (χ0n) is 17.8. The minimum Gasteiger partial charge on any atom is -0.479 e. The summed E-state index contributed by atoms with van der Waals surface area (Å²) >= 11 is 0. The maximum atomic E-state index is 12.6. The second-order valence-corrected chi connectivity index (χ2v) is 8.71. The number of aliphatic hydroxyl groups excluding tert-OH is 1. The summed E-state index contributed by atoms with van der Waals surface area (Å²) in [7, 11) is 0. The molecular weight excluding hydrogens is 412 g/mol. The van der Waals surface area contributed by atoms with Gasteiger partial charge in [0.1, 0.15) is 6.61 Å². The van der Waals surface area contributed by atoms with Gasteiger partial charge in [-0.25, -0.2) is 9.59 Å². The number of aliphatic hydroxyl groups is 1. The van der Waals surface area contributed by atoms with E-state index in [1.54, 1.807) is 0 Å². The normalized spacial score (nSPS) is 17.4. The van der Waals surface area contributed by atoms with Gasteiger partial charge in [0.15, 0.2) is 5.54 Å². The van der Waals surface area contributed by atoms with E-state index in [0.717, 1.165) is 22.3 Å². The number of amides is 2. The molecule has 2 aliphatic carbocycles. The van der Waals surface area contributed by atoms with Crippen molar-refractivity contribution in [3.05, 3.63) is 59.7 Å². The molecule has 0 heterocycles. The molecule has 2 aliphatic rings. The fourth-order valence-electron chi connectivity index (χ4n) is 4.07. The maximum absolute atomic E-state index is 12.6. The molecule has 0 aliphatic heterocycles. The van der Waals surface area contributed by atoms with Gasteiger partial charge in [0.2, 0.25) is 5.91 Å². The van der Waals surface area contributed by atoms with E-state index in [1.807, 2.05) is 36.4 Å². The van der Waals surface area contributed by atoms with Gasteiger partial charge >= 0.3 is 12.1 Å². The first-order valence-electron chi connectivity index (χ1n) is 10.6. The predicted molar refractivity (Wildman–Crippen MR) is 116 cm³/mol. The summed E-state index contributed by atoms with van der Waals surface area (Å²) in [5.41, 5.74) is 1.84. The number of carbonyl (C=O) groups excluding carboxylic acids is 2. The molecule has 2 aromatic rings. The lowest BCUT2D eigenvalue weighted by molar-refractivity contribution is -0.149. The van der Waals surface area contributed by atoms with Crippen LogP contribution in [-0.2, 0) is 14.3 Å². The van der Waals surface area contributed by atoms with Crippen LogP contribution in [0.15, 0.2) is 48.5 Å². The van der Waals surface area contributed by atoms with Gasteiger partial charge in [-0.3, -0.25) is 4.79 Å². The van der Waals surface area contributed by atoms with E-state index < -0.39 is 35.5 Å². The van der Waals surface area contributed by atoms with Gasteiger partial charge in [-0.1, -0.05) is 48.5 Å². The van der Waals surface area contributed by atoms with E-state index in [4.69, 9.17) is 4.74 Å². The van der Waals surface area contributed by atoms with Crippen molar-refractivity contribution in [3.8, 4) is 11.1 Å². The SMILES string of the molecule is CC(CO)(NC(=O)C1(CNC(=O)OCC2c3ccccc3-c3ccccc32)CC1)C(=O)O. The molecule has 0 spiro atoms. The Kier molecular flexibility index (Phi) is 5.64. The van der Waals surface area contributed by atoms with E-state index in [-0.39, 0.29) is 19.1 Å². The van der Waals surface area contributed by atoms with Gasteiger partial charge in [0.25, 0.3) is 0 Å². The van der Waals surface area contributed by atoms with Crippen LogP contribution in [0.1, 0.15) is 36.8 Å². The van der Waals surface area contributed by atoms with Crippen molar-refractivity contribution in [1.82, 2.24) is 10.6 Å². The zero-order chi connectivity index (χ0) is 22.9. The Labute approximate surface area is 185 Å². The lowest BCUT2D eigenvalue weighted by Crippen LogP contribution is -2.57. The molecule has 0 radical (unpaired) electrons. The summed E-state index contributed by atoms with van der Waals surface area (Å²) in [6, 6.07) is 16.1. The van der Waals surface area contributed by atoms with Gasteiger partial charge in [0.05, 0.1) is 12.0 Å². The minimum absolute atomic E-state index is 0.0383. The second kappa shape index (κ2) is 8.27. The monoisotopic (exact) mass is 438 g/mol. The van der Waals surface area contributed by atoms with Crippen molar-refractivity contribution in [2.45, 2.75) is 31.2 Å². The summed E-state index contributed by atoms with van der Waals surface area (Å²) in [4.78, 5) is 36.3. The van der Waals surface area contributed by atoms with Crippen LogP contribution in [0.4, 0.5) is 4.79 Å². The van der Waals surface area contributed by atoms with Gasteiger partial charge in [-0.05, 0) is 42.0 Å². The quantitative estimate of drug-likeness (QED) is 0.501. The molecule has 1 unspecified atom stereocenters. The highest BCUT2D eigenvalue weighted by Crippen LogP contribution is 2.46. The fraction of sp³-hybridized carbons (Fsp3) is 0.375. The maximum Gasteiger partial charge on any atom is 0.407 e. The number of carbonyl (C=O) groups is 3. The number of carboxylic acid groups (broad SMARTS) is 1. The number of hydrogen-bond acceptors (Lipinski definition) is 5. The van der Waals surface area contributed by atoms with Crippen LogP contribution >= 0.6 is 0 Å². The zero-order valence-corrected chi connectivity index (χ0v) is 17.8. The van der Waals surface area contributed by atoms with Crippen molar-refractivity contribution < 1.29 is 29.3 Å². The van der Waals surface area contributed by atoms with Crippen LogP contribution in [0.2, 0.25) is 0 Å². The molecule has 2 amide bonds. The Morgan fingerprint density at radius 3 is 2.12 bits per heavy atom. The number of rotatable bonds is 8. The van der Waals surface area contributed by atoms with E-state index in [0.29, 0.717) is 12.8 Å². The lowest BCUT2D eigenvalue weighted by Gasteiger charge is -2.26. The second-order valence-electron chi connectivity index (χ2n) is 8.71. The van der Waals surface area contributed by atoms with E-state index in [1.165, 1.54) is 6.92 Å². The molecule has 168 valence electrons. The third-order valence-corrected chi connectivity index (χ3v) is 6.43. The van der Waals surface area contributed by atoms with Gasteiger partial charge in [-0.2, -0.15) is 0 Å². The topological polar surface area (TPSA) is 125 Å². The first kappa shape index (κ1) is 21.8. The van der Waals surface area contributed by atoms with E-state index in [2.05, 4.69) is 22.8 Å². The summed E-state index contributed by atoms with van der Waals surface area (Å²) in [6.07, 6.45) is 0.404.